The second-order valence-corrected chi connectivity index (χ2v) is 12.6. The molecule has 33 heavy (non-hydrogen) atoms. The van der Waals surface area contributed by atoms with Crippen LogP contribution in [0.1, 0.15) is 71.1 Å². The van der Waals surface area contributed by atoms with Crippen LogP contribution in [0.5, 0.6) is 0 Å². The standard InChI is InChI=1S/C26H36F2O5/c1-25(27,28)24(30)33-22-19-6-14-5-18(8-19)21(20(22)7-14)23(29)32-13-31-12-26-9-15-2-16(10-26)4-17(3-15)11-26/h14-22H,2-13H2,1H3. The summed E-state index contributed by atoms with van der Waals surface area (Å²) in [5, 5.41) is 0. The van der Waals surface area contributed by atoms with E-state index in [-0.39, 0.29) is 41.8 Å². The van der Waals surface area contributed by atoms with Crippen LogP contribution < -0.4 is 0 Å². The van der Waals surface area contributed by atoms with Gasteiger partial charge in [-0.3, -0.25) is 4.79 Å². The fraction of sp³-hybridized carbons (Fsp3) is 0.923. The zero-order chi connectivity index (χ0) is 23.0. The normalized spacial score (nSPS) is 47.1. The third-order valence-electron chi connectivity index (χ3n) is 10.1. The van der Waals surface area contributed by atoms with Gasteiger partial charge in [0, 0.05) is 12.8 Å². The minimum absolute atomic E-state index is 0.0408. The first kappa shape index (κ1) is 22.2. The van der Waals surface area contributed by atoms with E-state index in [0.29, 0.717) is 19.4 Å². The number of hydrogen-bond donors (Lipinski definition) is 0. The summed E-state index contributed by atoms with van der Waals surface area (Å²) in [6, 6.07) is 0. The third-order valence-corrected chi connectivity index (χ3v) is 10.1. The van der Waals surface area contributed by atoms with Crippen molar-refractivity contribution in [2.75, 3.05) is 13.4 Å². The van der Waals surface area contributed by atoms with E-state index < -0.39 is 18.0 Å². The van der Waals surface area contributed by atoms with Gasteiger partial charge in [0.15, 0.2) is 6.79 Å². The first-order chi connectivity index (χ1) is 15.7. The van der Waals surface area contributed by atoms with Gasteiger partial charge < -0.3 is 14.2 Å². The van der Waals surface area contributed by atoms with E-state index in [9.17, 15) is 18.4 Å². The molecule has 8 aliphatic rings. The van der Waals surface area contributed by atoms with Gasteiger partial charge in [-0.25, -0.2) is 4.79 Å². The van der Waals surface area contributed by atoms with Gasteiger partial charge in [-0.2, -0.15) is 8.78 Å². The van der Waals surface area contributed by atoms with Gasteiger partial charge in [-0.05, 0) is 105 Å². The maximum atomic E-state index is 13.5. The lowest BCUT2D eigenvalue weighted by molar-refractivity contribution is -0.210. The van der Waals surface area contributed by atoms with Crippen molar-refractivity contribution < 1.29 is 32.6 Å². The number of halogens is 2. The first-order valence-electron chi connectivity index (χ1n) is 13.0. The Morgan fingerprint density at radius 1 is 0.879 bits per heavy atom. The Kier molecular flexibility index (Phi) is 5.32. The minimum atomic E-state index is -3.52. The average molecular weight is 467 g/mol. The summed E-state index contributed by atoms with van der Waals surface area (Å²) < 4.78 is 43.8. The Morgan fingerprint density at radius 2 is 1.52 bits per heavy atom. The molecule has 8 aliphatic carbocycles. The van der Waals surface area contributed by atoms with Gasteiger partial charge in [0.2, 0.25) is 0 Å². The molecule has 5 nitrogen and oxygen atoms in total. The fourth-order valence-corrected chi connectivity index (χ4v) is 9.56. The molecule has 0 aliphatic heterocycles. The monoisotopic (exact) mass is 466 g/mol. The number of rotatable bonds is 7. The summed E-state index contributed by atoms with van der Waals surface area (Å²) in [7, 11) is 0. The Labute approximate surface area is 194 Å². The molecular weight excluding hydrogens is 430 g/mol. The lowest BCUT2D eigenvalue weighted by Gasteiger charge is -2.56. The Hall–Kier alpha value is -1.24. The van der Waals surface area contributed by atoms with E-state index in [1.54, 1.807) is 0 Å². The van der Waals surface area contributed by atoms with E-state index in [1.807, 2.05) is 0 Å². The minimum Gasteiger partial charge on any atom is -0.457 e. The van der Waals surface area contributed by atoms with Crippen LogP contribution in [0.15, 0.2) is 0 Å². The van der Waals surface area contributed by atoms with Crippen LogP contribution in [-0.4, -0.2) is 37.4 Å². The molecule has 0 saturated heterocycles. The highest BCUT2D eigenvalue weighted by Crippen LogP contribution is 2.60. The van der Waals surface area contributed by atoms with E-state index in [1.165, 1.54) is 38.5 Å². The Bertz CT molecular complexity index is 772. The molecule has 0 spiro atoms. The zero-order valence-corrected chi connectivity index (χ0v) is 19.5. The molecule has 184 valence electrons. The molecule has 0 N–H and O–H groups in total. The lowest BCUT2D eigenvalue weighted by Crippen LogP contribution is -2.57. The van der Waals surface area contributed by atoms with Crippen LogP contribution in [0.2, 0.25) is 0 Å². The zero-order valence-electron chi connectivity index (χ0n) is 19.5. The van der Waals surface area contributed by atoms with Crippen LogP contribution in [0.25, 0.3) is 0 Å². The molecule has 0 aromatic heterocycles. The number of ether oxygens (including phenoxy) is 3. The maximum Gasteiger partial charge on any atom is 0.376 e. The molecule has 8 bridgehead atoms. The Morgan fingerprint density at radius 3 is 2.15 bits per heavy atom. The second-order valence-electron chi connectivity index (χ2n) is 12.6. The molecule has 8 rings (SSSR count). The number of esters is 2. The van der Waals surface area contributed by atoms with Crippen molar-refractivity contribution >= 4 is 11.9 Å². The highest BCUT2D eigenvalue weighted by atomic mass is 19.3. The van der Waals surface area contributed by atoms with Crippen molar-refractivity contribution in [3.8, 4) is 0 Å². The molecule has 0 heterocycles. The summed E-state index contributed by atoms with van der Waals surface area (Å²) in [4.78, 5) is 25.0. The molecule has 0 amide bonds. The SMILES string of the molecule is CC(F)(F)C(=O)OC1C2CC3CC(C2)C(C(=O)OCOCC24CC5CC(CC(C5)C2)C4)C1C3. The van der Waals surface area contributed by atoms with Crippen LogP contribution in [0.4, 0.5) is 8.78 Å². The molecule has 0 aromatic rings. The molecular formula is C26H36F2O5. The second kappa shape index (κ2) is 7.89. The van der Waals surface area contributed by atoms with Crippen molar-refractivity contribution in [1.82, 2.24) is 0 Å². The molecule has 6 atom stereocenters. The third kappa shape index (κ3) is 4.00. The summed E-state index contributed by atoms with van der Waals surface area (Å²) >= 11 is 0. The van der Waals surface area contributed by atoms with Gasteiger partial charge in [-0.15, -0.1) is 0 Å². The van der Waals surface area contributed by atoms with E-state index in [0.717, 1.165) is 43.4 Å². The summed E-state index contributed by atoms with van der Waals surface area (Å²) in [5.74, 6) is -2.59. The van der Waals surface area contributed by atoms with Gasteiger partial charge in [0.25, 0.3) is 0 Å². The molecule has 7 heteroatoms. The van der Waals surface area contributed by atoms with Crippen molar-refractivity contribution in [2.24, 2.45) is 52.8 Å². The highest BCUT2D eigenvalue weighted by molar-refractivity contribution is 5.77. The number of alkyl halides is 2. The van der Waals surface area contributed by atoms with Gasteiger partial charge in [0.1, 0.15) is 6.10 Å². The van der Waals surface area contributed by atoms with Crippen LogP contribution >= 0.6 is 0 Å². The van der Waals surface area contributed by atoms with Crippen molar-refractivity contribution in [3.63, 3.8) is 0 Å². The predicted molar refractivity (Wildman–Crippen MR) is 114 cm³/mol. The molecule has 8 saturated carbocycles. The first-order valence-corrected chi connectivity index (χ1v) is 13.0. The van der Waals surface area contributed by atoms with Crippen molar-refractivity contribution in [1.29, 1.82) is 0 Å². The quantitative estimate of drug-likeness (QED) is 0.301. The van der Waals surface area contributed by atoms with E-state index in [2.05, 4.69) is 0 Å². The van der Waals surface area contributed by atoms with Gasteiger partial charge >= 0.3 is 17.9 Å². The predicted octanol–water partition coefficient (Wildman–Crippen LogP) is 4.97. The van der Waals surface area contributed by atoms with Crippen molar-refractivity contribution in [2.45, 2.75) is 83.2 Å². The van der Waals surface area contributed by atoms with Gasteiger partial charge in [-0.1, -0.05) is 0 Å². The number of hydrogen-bond acceptors (Lipinski definition) is 5. The largest absolute Gasteiger partial charge is 0.457 e. The average Bonchev–Trinajstić information content (AvgIpc) is 2.71. The number of carbonyl (C=O) groups is 2. The highest BCUT2D eigenvalue weighted by Gasteiger charge is 2.58. The maximum absolute atomic E-state index is 13.5. The topological polar surface area (TPSA) is 61.8 Å². The molecule has 6 unspecified atom stereocenters. The Balaban J connectivity index is 1.05. The molecule has 8 fully saturated rings. The van der Waals surface area contributed by atoms with Crippen LogP contribution in [0, 0.1) is 52.8 Å². The summed E-state index contributed by atoms with van der Waals surface area (Å²) in [6.45, 7) is 1.19. The van der Waals surface area contributed by atoms with Gasteiger partial charge in [0.05, 0.1) is 12.5 Å². The summed E-state index contributed by atoms with van der Waals surface area (Å²) in [5.41, 5.74) is 0.272. The van der Waals surface area contributed by atoms with Crippen LogP contribution in [0.3, 0.4) is 0 Å². The molecule has 0 radical (unpaired) electrons. The fourth-order valence-electron chi connectivity index (χ4n) is 9.56. The van der Waals surface area contributed by atoms with Crippen LogP contribution in [-0.2, 0) is 23.8 Å². The summed E-state index contributed by atoms with van der Waals surface area (Å²) in [6.07, 6.45) is 10.7. The smallest absolute Gasteiger partial charge is 0.376 e. The lowest BCUT2D eigenvalue weighted by atomic mass is 9.50. The van der Waals surface area contributed by atoms with E-state index >= 15 is 0 Å². The number of carbonyl (C=O) groups excluding carboxylic acids is 2. The molecule has 0 aromatic carbocycles. The van der Waals surface area contributed by atoms with E-state index in [4.69, 9.17) is 14.2 Å². The van der Waals surface area contributed by atoms with Crippen molar-refractivity contribution in [3.05, 3.63) is 0 Å².